The maximum absolute atomic E-state index is 14.8. The molecule has 3 aromatic rings. The highest BCUT2D eigenvalue weighted by Crippen LogP contribution is 2.24. The zero-order valence-corrected chi connectivity index (χ0v) is 18.7. The van der Waals surface area contributed by atoms with Gasteiger partial charge in [0.05, 0.1) is 24.8 Å². The highest BCUT2D eigenvalue weighted by molar-refractivity contribution is 6.04. The molecule has 1 aliphatic rings. The lowest BCUT2D eigenvalue weighted by Gasteiger charge is -2.28. The van der Waals surface area contributed by atoms with Gasteiger partial charge < -0.3 is 20.1 Å². The second-order valence-electron chi connectivity index (χ2n) is 7.81. The first-order valence-corrected chi connectivity index (χ1v) is 10.8. The molecule has 11 nitrogen and oxygen atoms in total. The number of rotatable bonds is 6. The molecule has 0 unspecified atom stereocenters. The van der Waals surface area contributed by atoms with Gasteiger partial charge in [-0.1, -0.05) is 6.07 Å². The molecule has 0 bridgehead atoms. The van der Waals surface area contributed by atoms with Crippen LogP contribution < -0.4 is 5.32 Å². The van der Waals surface area contributed by atoms with Crippen molar-refractivity contribution in [3.05, 3.63) is 52.8 Å². The topological polar surface area (TPSA) is 135 Å². The summed E-state index contributed by atoms with van der Waals surface area (Å²) in [5, 5.41) is 23.4. The molecule has 3 heterocycles. The number of halogens is 1. The fourth-order valence-electron chi connectivity index (χ4n) is 3.67. The van der Waals surface area contributed by atoms with E-state index in [1.54, 1.807) is 32.0 Å². The first-order valence-electron chi connectivity index (χ1n) is 10.8. The van der Waals surface area contributed by atoms with Crippen LogP contribution in [-0.2, 0) is 17.7 Å². The second kappa shape index (κ2) is 9.91. The number of hydrogen-bond acceptors (Lipinski definition) is 8. The number of aliphatic hydroxyl groups is 1. The third-order valence-electron chi connectivity index (χ3n) is 5.47. The summed E-state index contributed by atoms with van der Waals surface area (Å²) >= 11 is 0. The van der Waals surface area contributed by atoms with Crippen LogP contribution in [0.3, 0.4) is 0 Å². The smallest absolute Gasteiger partial charge is 0.410 e. The Balaban J connectivity index is 1.55. The van der Waals surface area contributed by atoms with E-state index in [2.05, 4.69) is 25.8 Å². The van der Waals surface area contributed by atoms with E-state index < -0.39 is 17.8 Å². The Hall–Kier alpha value is -3.93. The minimum atomic E-state index is -0.679. The number of fused-ring (bicyclic) bond motifs is 1. The SMILES string of the molecule is CCOC(=O)N1CCc2cc(F)c(C(=O)Nc3cccc(-c4nnnn4[C@H](C)CO)n3)cc2C1. The molecule has 1 aliphatic heterocycles. The molecule has 0 spiro atoms. The minimum Gasteiger partial charge on any atom is -0.450 e. The Morgan fingerprint density at radius 1 is 1.29 bits per heavy atom. The highest BCUT2D eigenvalue weighted by atomic mass is 19.1. The van der Waals surface area contributed by atoms with Crippen molar-refractivity contribution in [1.82, 2.24) is 30.1 Å². The average molecular weight is 469 g/mol. The number of pyridine rings is 1. The van der Waals surface area contributed by atoms with Crippen LogP contribution >= 0.6 is 0 Å². The molecule has 0 aliphatic carbocycles. The molecule has 0 saturated heterocycles. The van der Waals surface area contributed by atoms with Crippen LogP contribution in [0.2, 0.25) is 0 Å². The summed E-state index contributed by atoms with van der Waals surface area (Å²) in [6.45, 7) is 4.21. The number of aromatic nitrogens is 5. The lowest BCUT2D eigenvalue weighted by Crippen LogP contribution is -2.36. The second-order valence-corrected chi connectivity index (χ2v) is 7.81. The monoisotopic (exact) mass is 469 g/mol. The van der Waals surface area contributed by atoms with Crippen LogP contribution in [-0.4, -0.2) is 67.0 Å². The van der Waals surface area contributed by atoms with Crippen molar-refractivity contribution in [2.45, 2.75) is 32.9 Å². The van der Waals surface area contributed by atoms with Crippen molar-refractivity contribution in [2.75, 3.05) is 25.1 Å². The van der Waals surface area contributed by atoms with Crippen LogP contribution in [0.1, 0.15) is 41.4 Å². The maximum Gasteiger partial charge on any atom is 0.410 e. The Labute approximate surface area is 194 Å². The van der Waals surface area contributed by atoms with Gasteiger partial charge in [0.1, 0.15) is 17.3 Å². The van der Waals surface area contributed by atoms with Crippen molar-refractivity contribution in [3.63, 3.8) is 0 Å². The Bertz CT molecular complexity index is 1220. The van der Waals surface area contributed by atoms with Gasteiger partial charge in [0, 0.05) is 13.1 Å². The van der Waals surface area contributed by atoms with Crippen LogP contribution in [0.5, 0.6) is 0 Å². The molecule has 0 fully saturated rings. The number of ether oxygens (including phenoxy) is 1. The number of benzene rings is 1. The van der Waals surface area contributed by atoms with Gasteiger partial charge in [-0.15, -0.1) is 5.10 Å². The molecular weight excluding hydrogens is 445 g/mol. The van der Waals surface area contributed by atoms with Gasteiger partial charge in [-0.3, -0.25) is 4.79 Å². The van der Waals surface area contributed by atoms with E-state index in [1.165, 1.54) is 21.7 Å². The molecule has 0 radical (unpaired) electrons. The van der Waals surface area contributed by atoms with Gasteiger partial charge in [0.25, 0.3) is 5.91 Å². The van der Waals surface area contributed by atoms with Crippen molar-refractivity contribution < 1.29 is 23.8 Å². The standard InChI is InChI=1S/C22H24FN7O4/c1-3-34-22(33)29-8-7-14-10-17(23)16(9-15(14)11-29)21(32)25-19-6-4-5-18(24-19)20-26-27-28-30(20)13(2)12-31/h4-6,9-10,13,31H,3,7-8,11-12H2,1-2H3,(H,24,25,32)/t13-/m1/s1. The van der Waals surface area contributed by atoms with Crippen LogP contribution in [0.4, 0.5) is 15.0 Å². The van der Waals surface area contributed by atoms with E-state index in [9.17, 15) is 19.1 Å². The quantitative estimate of drug-likeness (QED) is 0.561. The van der Waals surface area contributed by atoms with Gasteiger partial charge in [0.15, 0.2) is 0 Å². The van der Waals surface area contributed by atoms with Crippen LogP contribution in [0.15, 0.2) is 30.3 Å². The van der Waals surface area contributed by atoms with Gasteiger partial charge in [-0.05, 0) is 66.1 Å². The van der Waals surface area contributed by atoms with E-state index in [0.717, 1.165) is 5.56 Å². The molecule has 4 rings (SSSR count). The summed E-state index contributed by atoms with van der Waals surface area (Å²) in [7, 11) is 0. The van der Waals surface area contributed by atoms with E-state index in [1.807, 2.05) is 0 Å². The molecule has 2 aromatic heterocycles. The summed E-state index contributed by atoms with van der Waals surface area (Å²) in [6.07, 6.45) is 0.0275. The summed E-state index contributed by atoms with van der Waals surface area (Å²) < 4.78 is 21.2. The summed E-state index contributed by atoms with van der Waals surface area (Å²) in [4.78, 5) is 30.8. The van der Waals surface area contributed by atoms with Gasteiger partial charge in [-0.2, -0.15) is 0 Å². The number of tetrazole rings is 1. The zero-order valence-electron chi connectivity index (χ0n) is 18.7. The predicted octanol–water partition coefficient (Wildman–Crippen LogP) is 2.19. The summed E-state index contributed by atoms with van der Waals surface area (Å²) in [6, 6.07) is 7.29. The summed E-state index contributed by atoms with van der Waals surface area (Å²) in [5.41, 5.74) is 1.65. The fourth-order valence-corrected chi connectivity index (χ4v) is 3.67. The number of carbonyl (C=O) groups excluding carboxylic acids is 2. The predicted molar refractivity (Wildman–Crippen MR) is 118 cm³/mol. The number of amides is 2. The normalized spacial score (nSPS) is 13.8. The zero-order chi connectivity index (χ0) is 24.2. The van der Waals surface area contributed by atoms with Gasteiger partial charge in [-0.25, -0.2) is 18.9 Å². The van der Waals surface area contributed by atoms with E-state index in [4.69, 9.17) is 4.74 Å². The molecule has 0 saturated carbocycles. The first-order chi connectivity index (χ1) is 16.4. The van der Waals surface area contributed by atoms with Gasteiger partial charge >= 0.3 is 6.09 Å². The number of hydrogen-bond donors (Lipinski definition) is 2. The largest absolute Gasteiger partial charge is 0.450 e. The maximum atomic E-state index is 14.8. The van der Waals surface area contributed by atoms with E-state index >= 15 is 0 Å². The van der Waals surface area contributed by atoms with Crippen molar-refractivity contribution in [3.8, 4) is 11.5 Å². The number of nitrogens with one attached hydrogen (secondary N) is 1. The number of carbonyl (C=O) groups is 2. The lowest BCUT2D eigenvalue weighted by atomic mass is 9.97. The number of anilines is 1. The summed E-state index contributed by atoms with van der Waals surface area (Å²) in [5.74, 6) is -0.838. The molecule has 12 heteroatoms. The Kier molecular flexibility index (Phi) is 6.77. The Morgan fingerprint density at radius 3 is 2.88 bits per heavy atom. The average Bonchev–Trinajstić information content (AvgIpc) is 3.33. The minimum absolute atomic E-state index is 0.157. The van der Waals surface area contributed by atoms with E-state index in [-0.39, 0.29) is 37.2 Å². The third-order valence-corrected chi connectivity index (χ3v) is 5.47. The molecular formula is C22H24FN7O4. The Morgan fingerprint density at radius 2 is 2.12 bits per heavy atom. The highest BCUT2D eigenvalue weighted by Gasteiger charge is 2.25. The third kappa shape index (κ3) is 4.71. The lowest BCUT2D eigenvalue weighted by molar-refractivity contribution is 0.102. The first kappa shape index (κ1) is 23.2. The van der Waals surface area contributed by atoms with Crippen molar-refractivity contribution in [2.24, 2.45) is 0 Å². The molecule has 34 heavy (non-hydrogen) atoms. The fraction of sp³-hybridized carbons (Fsp3) is 0.364. The molecule has 2 N–H and O–H groups in total. The van der Waals surface area contributed by atoms with Crippen LogP contribution in [0.25, 0.3) is 11.5 Å². The molecule has 1 atom stereocenters. The molecule has 2 amide bonds. The van der Waals surface area contributed by atoms with Crippen molar-refractivity contribution >= 4 is 17.8 Å². The molecule has 1 aromatic carbocycles. The van der Waals surface area contributed by atoms with Crippen LogP contribution in [0, 0.1) is 5.82 Å². The van der Waals surface area contributed by atoms with Gasteiger partial charge in [0.2, 0.25) is 5.82 Å². The molecule has 178 valence electrons. The number of aliphatic hydroxyl groups excluding tert-OH is 1. The number of nitrogens with zero attached hydrogens (tertiary/aromatic N) is 6. The van der Waals surface area contributed by atoms with Crippen molar-refractivity contribution in [1.29, 1.82) is 0 Å². The van der Waals surface area contributed by atoms with E-state index in [0.29, 0.717) is 30.0 Å².